The number of benzene rings is 1. The first-order valence-corrected chi connectivity index (χ1v) is 6.98. The van der Waals surface area contributed by atoms with Crippen LogP contribution in [-0.4, -0.2) is 11.7 Å². The summed E-state index contributed by atoms with van der Waals surface area (Å²) in [4.78, 5) is 11.8. The largest absolute Gasteiger partial charge is 0.444 e. The van der Waals surface area contributed by atoms with Gasteiger partial charge < -0.3 is 10.1 Å². The number of hydrogen-bond donors (Lipinski definition) is 1. The summed E-state index contributed by atoms with van der Waals surface area (Å²) in [5.41, 5.74) is -0.667. The Bertz CT molecular complexity index is 507. The molecule has 0 radical (unpaired) electrons. The lowest BCUT2D eigenvalue weighted by Gasteiger charge is -2.24. The van der Waals surface area contributed by atoms with Gasteiger partial charge in [0, 0.05) is 5.56 Å². The fraction of sp³-hybridized carbons (Fsp3) is 0.500. The first-order valence-electron chi connectivity index (χ1n) is 6.19. The molecular formula is C14H17BrFNO2. The molecule has 1 aliphatic rings. The highest BCUT2D eigenvalue weighted by atomic mass is 79.9. The van der Waals surface area contributed by atoms with Gasteiger partial charge in [-0.3, -0.25) is 0 Å². The Labute approximate surface area is 120 Å². The smallest absolute Gasteiger partial charge is 0.408 e. The van der Waals surface area contributed by atoms with Crippen molar-refractivity contribution in [1.29, 1.82) is 0 Å². The van der Waals surface area contributed by atoms with E-state index in [4.69, 9.17) is 4.74 Å². The summed E-state index contributed by atoms with van der Waals surface area (Å²) < 4.78 is 19.7. The predicted octanol–water partition coefficient (Wildman–Crippen LogP) is 4.10. The minimum absolute atomic E-state index is 0.323. The van der Waals surface area contributed by atoms with Crippen LogP contribution in [0, 0.1) is 5.82 Å². The van der Waals surface area contributed by atoms with Gasteiger partial charge in [-0.1, -0.05) is 12.1 Å². The molecule has 2 rings (SSSR count). The minimum Gasteiger partial charge on any atom is -0.444 e. The predicted molar refractivity (Wildman–Crippen MR) is 74.4 cm³/mol. The molecule has 104 valence electrons. The number of amides is 1. The standard InChI is InChI=1S/C14H17BrFNO2/c1-13(2,3)19-12(18)17-14(7-8-14)9-5-4-6-10(15)11(9)16/h4-6H,7-8H2,1-3H3,(H,17,18). The van der Waals surface area contributed by atoms with E-state index in [1.807, 2.05) is 0 Å². The fourth-order valence-corrected chi connectivity index (χ4v) is 2.33. The topological polar surface area (TPSA) is 38.3 Å². The van der Waals surface area contributed by atoms with Gasteiger partial charge >= 0.3 is 6.09 Å². The van der Waals surface area contributed by atoms with Crippen molar-refractivity contribution in [1.82, 2.24) is 5.32 Å². The molecule has 0 unspecified atom stereocenters. The number of hydrogen-bond acceptors (Lipinski definition) is 2. The summed E-state index contributed by atoms with van der Waals surface area (Å²) in [6.07, 6.45) is 0.934. The lowest BCUT2D eigenvalue weighted by atomic mass is 10.0. The van der Waals surface area contributed by atoms with Crippen molar-refractivity contribution < 1.29 is 13.9 Å². The van der Waals surface area contributed by atoms with Crippen LogP contribution < -0.4 is 5.32 Å². The van der Waals surface area contributed by atoms with Crippen molar-refractivity contribution in [2.24, 2.45) is 0 Å². The highest BCUT2D eigenvalue weighted by Gasteiger charge is 2.48. The van der Waals surface area contributed by atoms with Crippen molar-refractivity contribution in [3.8, 4) is 0 Å². The van der Waals surface area contributed by atoms with Gasteiger partial charge in [0.15, 0.2) is 0 Å². The molecule has 1 aromatic rings. The van der Waals surface area contributed by atoms with Crippen molar-refractivity contribution in [2.45, 2.75) is 44.8 Å². The molecule has 1 fully saturated rings. The lowest BCUT2D eigenvalue weighted by molar-refractivity contribution is 0.0494. The van der Waals surface area contributed by atoms with Gasteiger partial charge in [-0.2, -0.15) is 0 Å². The first kappa shape index (κ1) is 14.3. The molecule has 1 aromatic carbocycles. The third kappa shape index (κ3) is 3.26. The van der Waals surface area contributed by atoms with E-state index in [9.17, 15) is 9.18 Å². The first-order chi connectivity index (χ1) is 8.73. The average Bonchev–Trinajstić information content (AvgIpc) is 3.00. The zero-order valence-electron chi connectivity index (χ0n) is 11.2. The molecule has 0 aliphatic heterocycles. The maximum atomic E-state index is 14.1. The molecule has 0 heterocycles. The molecule has 0 saturated heterocycles. The van der Waals surface area contributed by atoms with Crippen LogP contribution in [0.25, 0.3) is 0 Å². The lowest BCUT2D eigenvalue weighted by Crippen LogP contribution is -2.39. The normalized spacial score (nSPS) is 16.9. The third-order valence-corrected chi connectivity index (χ3v) is 3.57. The van der Waals surface area contributed by atoms with Crippen LogP contribution in [0.1, 0.15) is 39.2 Å². The fourth-order valence-electron chi connectivity index (χ4n) is 1.96. The van der Waals surface area contributed by atoms with Gasteiger partial charge in [-0.25, -0.2) is 9.18 Å². The number of nitrogens with one attached hydrogen (secondary N) is 1. The number of carbonyl (C=O) groups excluding carboxylic acids is 1. The van der Waals surface area contributed by atoms with Gasteiger partial charge in [0.05, 0.1) is 10.0 Å². The summed E-state index contributed by atoms with van der Waals surface area (Å²) >= 11 is 3.16. The maximum absolute atomic E-state index is 14.1. The van der Waals surface area contributed by atoms with Crippen LogP contribution in [0.15, 0.2) is 22.7 Å². The van der Waals surface area contributed by atoms with Crippen LogP contribution in [0.5, 0.6) is 0 Å². The molecule has 1 N–H and O–H groups in total. The van der Waals surface area contributed by atoms with E-state index in [-0.39, 0.29) is 5.82 Å². The van der Waals surface area contributed by atoms with Crippen LogP contribution >= 0.6 is 15.9 Å². The van der Waals surface area contributed by atoms with Crippen molar-refractivity contribution >= 4 is 22.0 Å². The number of alkyl carbamates (subject to hydrolysis) is 1. The number of carbonyl (C=O) groups is 1. The van der Waals surface area contributed by atoms with Crippen molar-refractivity contribution in [3.63, 3.8) is 0 Å². The second-order valence-electron chi connectivity index (χ2n) is 5.81. The number of ether oxygens (including phenoxy) is 1. The maximum Gasteiger partial charge on any atom is 0.408 e. The Morgan fingerprint density at radius 1 is 1.42 bits per heavy atom. The van der Waals surface area contributed by atoms with Crippen molar-refractivity contribution in [2.75, 3.05) is 0 Å². The summed E-state index contributed by atoms with van der Waals surface area (Å²) in [7, 11) is 0. The van der Waals surface area contributed by atoms with E-state index in [0.29, 0.717) is 10.0 Å². The van der Waals surface area contributed by atoms with Crippen LogP contribution in [0.2, 0.25) is 0 Å². The van der Waals surface area contributed by atoms with Crippen LogP contribution in [0.3, 0.4) is 0 Å². The zero-order valence-corrected chi connectivity index (χ0v) is 12.8. The molecule has 0 bridgehead atoms. The SMILES string of the molecule is CC(C)(C)OC(=O)NC1(c2cccc(Br)c2F)CC1. The number of halogens is 2. The van der Waals surface area contributed by atoms with Gasteiger partial charge in [-0.15, -0.1) is 0 Å². The van der Waals surface area contributed by atoms with Crippen LogP contribution in [0.4, 0.5) is 9.18 Å². The van der Waals surface area contributed by atoms with E-state index in [1.54, 1.807) is 39.0 Å². The molecule has 19 heavy (non-hydrogen) atoms. The Morgan fingerprint density at radius 3 is 2.58 bits per heavy atom. The van der Waals surface area contributed by atoms with Crippen molar-refractivity contribution in [3.05, 3.63) is 34.1 Å². The monoisotopic (exact) mass is 329 g/mol. The number of rotatable bonds is 2. The molecule has 0 aromatic heterocycles. The van der Waals surface area contributed by atoms with Gasteiger partial charge in [0.1, 0.15) is 11.4 Å². The van der Waals surface area contributed by atoms with Gasteiger partial charge in [0.25, 0.3) is 0 Å². The van der Waals surface area contributed by atoms with Gasteiger partial charge in [0.2, 0.25) is 0 Å². The second kappa shape index (κ2) is 4.78. The molecule has 1 amide bonds. The van der Waals surface area contributed by atoms with E-state index < -0.39 is 17.2 Å². The summed E-state index contributed by atoms with van der Waals surface area (Å²) in [6.45, 7) is 5.39. The molecular weight excluding hydrogens is 313 g/mol. The summed E-state index contributed by atoms with van der Waals surface area (Å²) in [6, 6.07) is 5.10. The van der Waals surface area contributed by atoms with Crippen LogP contribution in [-0.2, 0) is 10.3 Å². The second-order valence-corrected chi connectivity index (χ2v) is 6.66. The third-order valence-electron chi connectivity index (χ3n) is 2.96. The summed E-state index contributed by atoms with van der Waals surface area (Å²) in [5, 5.41) is 2.79. The molecule has 0 spiro atoms. The Morgan fingerprint density at radius 2 is 2.05 bits per heavy atom. The quantitative estimate of drug-likeness (QED) is 0.886. The molecule has 0 atom stereocenters. The van der Waals surface area contributed by atoms with Gasteiger partial charge in [-0.05, 0) is 55.6 Å². The van der Waals surface area contributed by atoms with E-state index in [0.717, 1.165) is 12.8 Å². The Balaban J connectivity index is 2.16. The zero-order chi connectivity index (χ0) is 14.3. The highest BCUT2D eigenvalue weighted by Crippen LogP contribution is 2.47. The molecule has 5 heteroatoms. The van der Waals surface area contributed by atoms with E-state index in [1.165, 1.54) is 0 Å². The summed E-state index contributed by atoms with van der Waals surface area (Å²) in [5.74, 6) is -0.323. The minimum atomic E-state index is -0.615. The van der Waals surface area contributed by atoms with E-state index in [2.05, 4.69) is 21.2 Å². The molecule has 3 nitrogen and oxygen atoms in total. The molecule has 1 saturated carbocycles. The molecule has 1 aliphatic carbocycles. The Hall–Kier alpha value is -1.10. The van der Waals surface area contributed by atoms with E-state index >= 15 is 0 Å². The average molecular weight is 330 g/mol. The highest BCUT2D eigenvalue weighted by molar-refractivity contribution is 9.10. The Kier molecular flexibility index (Phi) is 3.60.